The Kier molecular flexibility index (Phi) is 2.71. The van der Waals surface area contributed by atoms with Crippen molar-refractivity contribution in [2.75, 3.05) is 0 Å². The molecule has 0 fully saturated rings. The topological polar surface area (TPSA) is 104 Å². The normalized spacial score (nSPS) is 8.50. The SMILES string of the molecule is NC(=S)N(O)C(=O)C(=O)O. The standard InChI is InChI=1S/C3H4N2O4S/c4-3(10)5(9)1(6)2(7)8/h9H,(H2,4,10)(H,7,8). The Bertz CT molecular complexity index is 191. The molecule has 0 rings (SSSR count). The van der Waals surface area contributed by atoms with Crippen LogP contribution in [0.2, 0.25) is 0 Å². The number of carboxylic acid groups (broad SMARTS) is 1. The Labute approximate surface area is 60.8 Å². The van der Waals surface area contributed by atoms with Crippen LogP contribution in [0, 0.1) is 0 Å². The minimum Gasteiger partial charge on any atom is -0.474 e. The zero-order valence-corrected chi connectivity index (χ0v) is 5.46. The number of carboxylic acids is 1. The lowest BCUT2D eigenvalue weighted by molar-refractivity contribution is -0.166. The molecule has 0 atom stereocenters. The Morgan fingerprint density at radius 2 is 1.90 bits per heavy atom. The van der Waals surface area contributed by atoms with Gasteiger partial charge in [-0.25, -0.2) is 4.79 Å². The van der Waals surface area contributed by atoms with Gasteiger partial charge in [-0.1, -0.05) is 0 Å². The van der Waals surface area contributed by atoms with Crippen LogP contribution in [0.25, 0.3) is 0 Å². The lowest BCUT2D eigenvalue weighted by Crippen LogP contribution is -2.41. The van der Waals surface area contributed by atoms with E-state index in [1.54, 1.807) is 0 Å². The first kappa shape index (κ1) is 8.79. The molecule has 0 aromatic heterocycles. The van der Waals surface area contributed by atoms with Crippen molar-refractivity contribution < 1.29 is 19.9 Å². The largest absolute Gasteiger partial charge is 0.474 e. The summed E-state index contributed by atoms with van der Waals surface area (Å²) < 4.78 is 0. The quantitative estimate of drug-likeness (QED) is 0.175. The molecule has 0 unspecified atom stereocenters. The summed E-state index contributed by atoms with van der Waals surface area (Å²) in [6.07, 6.45) is 0. The minimum atomic E-state index is -1.82. The Morgan fingerprint density at radius 3 is 2.00 bits per heavy atom. The van der Waals surface area contributed by atoms with Crippen LogP contribution in [0.3, 0.4) is 0 Å². The number of amides is 1. The number of rotatable bonds is 0. The predicted octanol–water partition coefficient (Wildman–Crippen LogP) is -1.47. The molecule has 0 saturated heterocycles. The maximum Gasteiger partial charge on any atom is 0.397 e. The highest BCUT2D eigenvalue weighted by molar-refractivity contribution is 7.80. The molecule has 10 heavy (non-hydrogen) atoms. The van der Waals surface area contributed by atoms with Crippen molar-refractivity contribution in [2.24, 2.45) is 5.73 Å². The highest BCUT2D eigenvalue weighted by Crippen LogP contribution is 1.82. The molecule has 0 spiro atoms. The summed E-state index contributed by atoms with van der Waals surface area (Å²) in [7, 11) is 0. The van der Waals surface area contributed by atoms with Gasteiger partial charge in [-0.2, -0.15) is 5.06 Å². The summed E-state index contributed by atoms with van der Waals surface area (Å²) in [4.78, 5) is 20.0. The van der Waals surface area contributed by atoms with E-state index < -0.39 is 17.0 Å². The van der Waals surface area contributed by atoms with Gasteiger partial charge in [-0.3, -0.25) is 10.0 Å². The first-order chi connectivity index (χ1) is 4.46. The van der Waals surface area contributed by atoms with E-state index in [1.807, 2.05) is 0 Å². The van der Waals surface area contributed by atoms with E-state index in [9.17, 15) is 9.59 Å². The molecular weight excluding hydrogens is 160 g/mol. The Balaban J connectivity index is 4.22. The van der Waals surface area contributed by atoms with Gasteiger partial charge in [-0.15, -0.1) is 0 Å². The minimum absolute atomic E-state index is 0.322. The van der Waals surface area contributed by atoms with Crippen molar-refractivity contribution in [3.63, 3.8) is 0 Å². The van der Waals surface area contributed by atoms with E-state index in [0.717, 1.165) is 0 Å². The van der Waals surface area contributed by atoms with Crippen LogP contribution in [-0.2, 0) is 9.59 Å². The van der Waals surface area contributed by atoms with Crippen molar-refractivity contribution >= 4 is 29.2 Å². The van der Waals surface area contributed by atoms with Gasteiger partial charge in [0.2, 0.25) is 0 Å². The van der Waals surface area contributed by atoms with Crippen LogP contribution in [0.15, 0.2) is 0 Å². The smallest absolute Gasteiger partial charge is 0.397 e. The molecule has 0 radical (unpaired) electrons. The van der Waals surface area contributed by atoms with Gasteiger partial charge >= 0.3 is 11.9 Å². The molecule has 0 aliphatic rings. The number of carbonyl (C=O) groups is 2. The molecule has 0 aromatic rings. The lowest BCUT2D eigenvalue weighted by atomic mass is 10.6. The summed E-state index contributed by atoms with van der Waals surface area (Å²) in [6.45, 7) is 0. The maximum atomic E-state index is 10.2. The summed E-state index contributed by atoms with van der Waals surface area (Å²) >= 11 is 4.08. The average Bonchev–Trinajstić information content (AvgIpc) is 1.84. The zero-order chi connectivity index (χ0) is 8.31. The van der Waals surface area contributed by atoms with Crippen molar-refractivity contribution in [3.05, 3.63) is 0 Å². The van der Waals surface area contributed by atoms with E-state index in [-0.39, 0.29) is 5.06 Å². The second-order valence-electron chi connectivity index (χ2n) is 1.26. The molecule has 0 aromatic carbocycles. The van der Waals surface area contributed by atoms with E-state index in [2.05, 4.69) is 12.2 Å². The summed E-state index contributed by atoms with van der Waals surface area (Å²) in [5.41, 5.74) is 4.70. The van der Waals surface area contributed by atoms with Crippen molar-refractivity contribution in [2.45, 2.75) is 0 Å². The Morgan fingerprint density at radius 1 is 1.50 bits per heavy atom. The molecule has 0 bridgehead atoms. The molecule has 0 heterocycles. The van der Waals surface area contributed by atoms with Crippen molar-refractivity contribution in [1.82, 2.24) is 5.06 Å². The van der Waals surface area contributed by atoms with Gasteiger partial charge in [0, 0.05) is 0 Å². The average molecular weight is 164 g/mol. The molecule has 6 nitrogen and oxygen atoms in total. The number of hydroxylamine groups is 2. The van der Waals surface area contributed by atoms with Gasteiger partial charge in [0.25, 0.3) is 0 Å². The van der Waals surface area contributed by atoms with E-state index in [1.165, 1.54) is 0 Å². The first-order valence-electron chi connectivity index (χ1n) is 2.02. The van der Waals surface area contributed by atoms with Crippen molar-refractivity contribution in [1.29, 1.82) is 0 Å². The lowest BCUT2D eigenvalue weighted by Gasteiger charge is -2.07. The van der Waals surface area contributed by atoms with Crippen LogP contribution in [0.4, 0.5) is 0 Å². The van der Waals surface area contributed by atoms with Crippen molar-refractivity contribution in [3.8, 4) is 0 Å². The van der Waals surface area contributed by atoms with Gasteiger partial charge < -0.3 is 10.8 Å². The zero-order valence-electron chi connectivity index (χ0n) is 4.64. The summed E-state index contributed by atoms with van der Waals surface area (Å²) in [6, 6.07) is 0. The fourth-order valence-electron chi connectivity index (χ4n) is 0.191. The van der Waals surface area contributed by atoms with E-state index in [4.69, 9.17) is 16.0 Å². The number of hydrogen-bond donors (Lipinski definition) is 3. The van der Waals surface area contributed by atoms with Crippen LogP contribution >= 0.6 is 12.2 Å². The molecule has 0 saturated carbocycles. The Hall–Kier alpha value is -1.21. The fraction of sp³-hybridized carbons (Fsp3) is 0. The van der Waals surface area contributed by atoms with E-state index >= 15 is 0 Å². The molecule has 0 aliphatic carbocycles. The van der Waals surface area contributed by atoms with E-state index in [0.29, 0.717) is 0 Å². The number of nitrogens with two attached hydrogens (primary N) is 1. The second kappa shape index (κ2) is 3.08. The van der Waals surface area contributed by atoms with Crippen LogP contribution in [-0.4, -0.2) is 32.4 Å². The van der Waals surface area contributed by atoms with Crippen LogP contribution in [0.1, 0.15) is 0 Å². The third-order valence-corrected chi connectivity index (χ3v) is 0.757. The van der Waals surface area contributed by atoms with Crippen LogP contribution < -0.4 is 5.73 Å². The molecule has 1 amide bonds. The molecule has 56 valence electrons. The highest BCUT2D eigenvalue weighted by atomic mass is 32.1. The third kappa shape index (κ3) is 1.96. The molecule has 7 heteroatoms. The van der Waals surface area contributed by atoms with Gasteiger partial charge in [-0.05, 0) is 12.2 Å². The number of thiocarbonyl (C=S) groups is 1. The molecular formula is C3H4N2O4S. The number of nitrogens with zero attached hydrogens (tertiary/aromatic N) is 1. The number of aliphatic carboxylic acids is 1. The molecule has 4 N–H and O–H groups in total. The summed E-state index contributed by atoms with van der Waals surface area (Å²) in [5.74, 6) is -3.40. The van der Waals surface area contributed by atoms with Gasteiger partial charge in [0.05, 0.1) is 0 Å². The summed E-state index contributed by atoms with van der Waals surface area (Å²) in [5, 5.41) is 15.3. The second-order valence-corrected chi connectivity index (χ2v) is 1.68. The van der Waals surface area contributed by atoms with Crippen LogP contribution in [0.5, 0.6) is 0 Å². The predicted molar refractivity (Wildman–Crippen MR) is 33.1 cm³/mol. The number of carbonyl (C=O) groups excluding carboxylic acids is 1. The fourth-order valence-corrected chi connectivity index (χ4v) is 0.274. The monoisotopic (exact) mass is 164 g/mol. The third-order valence-electron chi connectivity index (χ3n) is 0.584. The highest BCUT2D eigenvalue weighted by Gasteiger charge is 2.20. The van der Waals surface area contributed by atoms with Gasteiger partial charge in [0.1, 0.15) is 0 Å². The van der Waals surface area contributed by atoms with Gasteiger partial charge in [0.15, 0.2) is 5.11 Å². The first-order valence-corrected chi connectivity index (χ1v) is 2.43. The maximum absolute atomic E-state index is 10.2. The number of hydrogen-bond acceptors (Lipinski definition) is 4. The molecule has 0 aliphatic heterocycles.